The topological polar surface area (TPSA) is 98.5 Å². The van der Waals surface area contributed by atoms with Gasteiger partial charge in [-0.25, -0.2) is 0 Å². The van der Waals surface area contributed by atoms with Gasteiger partial charge in [-0.2, -0.15) is 0 Å². The average Bonchev–Trinajstić information content (AvgIpc) is 2.98. The van der Waals surface area contributed by atoms with Crippen LogP contribution in [0.1, 0.15) is 43.7 Å². The Morgan fingerprint density at radius 3 is 3.00 bits per heavy atom. The molecule has 1 fully saturated rings. The number of ether oxygens (including phenoxy) is 1. The van der Waals surface area contributed by atoms with Crippen molar-refractivity contribution in [3.8, 4) is 5.75 Å². The number of imide groups is 1. The van der Waals surface area contributed by atoms with Crippen LogP contribution in [0.15, 0.2) is 22.7 Å². The zero-order valence-corrected chi connectivity index (χ0v) is 13.1. The smallest absolute Gasteiger partial charge is 0.235 e. The molecule has 2 amide bonds. The fraction of sp³-hybridized carbons (Fsp3) is 0.412. The Labute approximate surface area is 138 Å². The van der Waals surface area contributed by atoms with Gasteiger partial charge >= 0.3 is 0 Å². The van der Waals surface area contributed by atoms with E-state index in [1.165, 1.54) is 0 Å². The molecule has 1 aliphatic heterocycles. The number of carbonyl (C=O) groups excluding carboxylic acids is 3. The van der Waals surface area contributed by atoms with Crippen LogP contribution in [-0.2, 0) is 14.4 Å². The lowest BCUT2D eigenvalue weighted by Crippen LogP contribution is -2.39. The Morgan fingerprint density at radius 2 is 2.21 bits per heavy atom. The van der Waals surface area contributed by atoms with E-state index in [-0.39, 0.29) is 11.8 Å². The number of nitrogens with one attached hydrogen (secondary N) is 1. The maximum absolute atomic E-state index is 12.0. The van der Waals surface area contributed by atoms with Gasteiger partial charge in [-0.15, -0.1) is 0 Å². The fourth-order valence-corrected chi connectivity index (χ4v) is 2.75. The number of rotatable bonds is 7. The van der Waals surface area contributed by atoms with E-state index in [4.69, 9.17) is 9.26 Å². The lowest BCUT2D eigenvalue weighted by molar-refractivity contribution is -0.134. The molecule has 0 aliphatic carbocycles. The normalized spacial score (nSPS) is 17.8. The number of benzene rings is 1. The van der Waals surface area contributed by atoms with E-state index >= 15 is 0 Å². The lowest BCUT2D eigenvalue weighted by Gasteiger charge is -2.18. The molecule has 24 heavy (non-hydrogen) atoms. The zero-order chi connectivity index (χ0) is 16.9. The summed E-state index contributed by atoms with van der Waals surface area (Å²) in [5.74, 6) is -0.412. The van der Waals surface area contributed by atoms with Crippen LogP contribution in [-0.4, -0.2) is 29.9 Å². The summed E-state index contributed by atoms with van der Waals surface area (Å²) in [6, 6.07) is 5.34. The van der Waals surface area contributed by atoms with E-state index in [1.807, 2.05) is 6.07 Å². The number of hydrogen-bond acceptors (Lipinski definition) is 6. The van der Waals surface area contributed by atoms with Crippen molar-refractivity contribution in [1.82, 2.24) is 10.5 Å². The molecule has 0 saturated carbocycles. The summed E-state index contributed by atoms with van der Waals surface area (Å²) in [6.45, 7) is 0.521. The van der Waals surface area contributed by atoms with Gasteiger partial charge in [-0.05, 0) is 31.4 Å². The molecule has 1 N–H and O–H groups in total. The number of nitrogens with zero attached hydrogens (tertiary/aromatic N) is 1. The van der Waals surface area contributed by atoms with Crippen LogP contribution in [0.25, 0.3) is 11.0 Å². The Morgan fingerprint density at radius 1 is 1.33 bits per heavy atom. The number of amides is 2. The Kier molecular flexibility index (Phi) is 4.88. The highest BCUT2D eigenvalue weighted by Gasteiger charge is 2.31. The van der Waals surface area contributed by atoms with Crippen LogP contribution in [0.5, 0.6) is 5.75 Å². The largest absolute Gasteiger partial charge is 0.493 e. The molecule has 2 heterocycles. The molecule has 2 aromatic rings. The van der Waals surface area contributed by atoms with Gasteiger partial charge in [0.1, 0.15) is 17.7 Å². The highest BCUT2D eigenvalue weighted by molar-refractivity contribution is 6.02. The monoisotopic (exact) mass is 330 g/mol. The molecular weight excluding hydrogens is 312 g/mol. The third-order valence-electron chi connectivity index (χ3n) is 4.03. The van der Waals surface area contributed by atoms with Crippen LogP contribution in [0, 0.1) is 0 Å². The van der Waals surface area contributed by atoms with Gasteiger partial charge in [-0.3, -0.25) is 14.9 Å². The fourth-order valence-electron chi connectivity index (χ4n) is 2.75. The van der Waals surface area contributed by atoms with Crippen LogP contribution in [0.3, 0.4) is 0 Å². The van der Waals surface area contributed by atoms with E-state index in [0.717, 1.165) is 24.5 Å². The molecule has 1 atom stereocenters. The van der Waals surface area contributed by atoms with Crippen molar-refractivity contribution in [2.45, 2.75) is 38.0 Å². The van der Waals surface area contributed by atoms with Gasteiger partial charge in [0.2, 0.25) is 11.8 Å². The molecule has 7 heteroatoms. The molecule has 126 valence electrons. The minimum Gasteiger partial charge on any atom is -0.493 e. The highest BCUT2D eigenvalue weighted by Crippen LogP contribution is 2.32. The summed E-state index contributed by atoms with van der Waals surface area (Å²) in [6.07, 6.45) is 3.77. The van der Waals surface area contributed by atoms with Gasteiger partial charge in [0.25, 0.3) is 0 Å². The van der Waals surface area contributed by atoms with Gasteiger partial charge in [0.05, 0.1) is 12.5 Å². The molecule has 1 aromatic carbocycles. The number of hydrogen-bond donors (Lipinski definition) is 1. The first kappa shape index (κ1) is 16.2. The van der Waals surface area contributed by atoms with Crippen molar-refractivity contribution in [3.05, 3.63) is 23.9 Å². The molecule has 7 nitrogen and oxygen atoms in total. The van der Waals surface area contributed by atoms with E-state index < -0.39 is 5.92 Å². The molecule has 0 bridgehead atoms. The second kappa shape index (κ2) is 7.25. The summed E-state index contributed by atoms with van der Waals surface area (Å²) in [4.78, 5) is 33.5. The SMILES string of the molecule is O=CCCCCOc1ccc2c(C3CCC(=O)NC3=O)noc2c1. The van der Waals surface area contributed by atoms with Crippen LogP contribution < -0.4 is 10.1 Å². The first-order valence-electron chi connectivity index (χ1n) is 7.98. The van der Waals surface area contributed by atoms with Crippen LogP contribution in [0.4, 0.5) is 0 Å². The van der Waals surface area contributed by atoms with Crippen LogP contribution >= 0.6 is 0 Å². The van der Waals surface area contributed by atoms with Crippen LogP contribution in [0.2, 0.25) is 0 Å². The van der Waals surface area contributed by atoms with Crippen molar-refractivity contribution < 1.29 is 23.6 Å². The number of aldehydes is 1. The first-order valence-corrected chi connectivity index (χ1v) is 7.98. The van der Waals surface area contributed by atoms with Crippen molar-refractivity contribution in [2.75, 3.05) is 6.61 Å². The molecule has 1 aliphatic rings. The first-order chi connectivity index (χ1) is 11.7. The number of carbonyl (C=O) groups is 3. The summed E-state index contributed by atoms with van der Waals surface area (Å²) in [7, 11) is 0. The van der Waals surface area contributed by atoms with Gasteiger partial charge in [0.15, 0.2) is 5.58 Å². The number of unbranched alkanes of at least 4 members (excludes halogenated alkanes) is 2. The zero-order valence-electron chi connectivity index (χ0n) is 13.1. The number of fused-ring (bicyclic) bond motifs is 1. The third-order valence-corrected chi connectivity index (χ3v) is 4.03. The molecule has 1 saturated heterocycles. The van der Waals surface area contributed by atoms with E-state index in [2.05, 4.69) is 10.5 Å². The summed E-state index contributed by atoms with van der Waals surface area (Å²) in [5.41, 5.74) is 1.09. The van der Waals surface area contributed by atoms with E-state index in [1.54, 1.807) is 12.1 Å². The van der Waals surface area contributed by atoms with Crippen molar-refractivity contribution >= 4 is 29.1 Å². The van der Waals surface area contributed by atoms with Crippen molar-refractivity contribution in [1.29, 1.82) is 0 Å². The molecule has 0 radical (unpaired) electrons. The van der Waals surface area contributed by atoms with Gasteiger partial charge in [-0.1, -0.05) is 5.16 Å². The molecule has 3 rings (SSSR count). The van der Waals surface area contributed by atoms with Crippen molar-refractivity contribution in [2.24, 2.45) is 0 Å². The summed E-state index contributed by atoms with van der Waals surface area (Å²) < 4.78 is 10.9. The Bertz CT molecular complexity index is 767. The van der Waals surface area contributed by atoms with Gasteiger partial charge < -0.3 is 14.1 Å². The number of aromatic nitrogens is 1. The molecule has 1 unspecified atom stereocenters. The second-order valence-electron chi connectivity index (χ2n) is 5.74. The second-order valence-corrected chi connectivity index (χ2v) is 5.74. The highest BCUT2D eigenvalue weighted by atomic mass is 16.5. The third kappa shape index (κ3) is 3.45. The quantitative estimate of drug-likeness (QED) is 0.474. The minimum atomic E-state index is -0.473. The van der Waals surface area contributed by atoms with E-state index in [0.29, 0.717) is 42.9 Å². The lowest BCUT2D eigenvalue weighted by atomic mass is 9.93. The molecule has 1 aromatic heterocycles. The van der Waals surface area contributed by atoms with E-state index in [9.17, 15) is 14.4 Å². The van der Waals surface area contributed by atoms with Gasteiger partial charge in [0, 0.05) is 24.3 Å². The minimum absolute atomic E-state index is 0.255. The van der Waals surface area contributed by atoms with Crippen molar-refractivity contribution in [3.63, 3.8) is 0 Å². The number of piperidine rings is 1. The Hall–Kier alpha value is -2.70. The molecule has 0 spiro atoms. The summed E-state index contributed by atoms with van der Waals surface area (Å²) >= 11 is 0. The predicted molar refractivity (Wildman–Crippen MR) is 84.5 cm³/mol. The maximum atomic E-state index is 12.0. The predicted octanol–water partition coefficient (Wildman–Crippen LogP) is 2.10. The average molecular weight is 330 g/mol. The molecular formula is C17H18N2O5. The standard InChI is InChI=1S/C17H18N2O5/c20-8-2-1-3-9-23-11-4-5-12-14(10-11)24-19-16(12)13-6-7-15(21)18-17(13)22/h4-5,8,10,13H,1-3,6-7,9H2,(H,18,21,22). The Balaban J connectivity index is 1.70. The maximum Gasteiger partial charge on any atom is 0.235 e. The summed E-state index contributed by atoms with van der Waals surface area (Å²) in [5, 5.41) is 7.09.